The summed E-state index contributed by atoms with van der Waals surface area (Å²) in [5, 5.41) is 12.0. The van der Waals surface area contributed by atoms with E-state index in [4.69, 9.17) is 28.3 Å². The Morgan fingerprint density at radius 3 is 2.74 bits per heavy atom. The van der Waals surface area contributed by atoms with Crippen molar-refractivity contribution in [3.63, 3.8) is 0 Å². The first-order valence-electron chi connectivity index (χ1n) is 6.54. The van der Waals surface area contributed by atoms with Gasteiger partial charge >= 0.3 is 5.97 Å². The minimum atomic E-state index is -1.09. The van der Waals surface area contributed by atoms with Crippen molar-refractivity contribution >= 4 is 50.7 Å². The maximum atomic E-state index is 12.7. The van der Waals surface area contributed by atoms with Gasteiger partial charge in [-0.2, -0.15) is 0 Å². The molecule has 0 radical (unpaired) electrons. The van der Waals surface area contributed by atoms with E-state index >= 15 is 0 Å². The fraction of sp³-hybridized carbons (Fsp3) is 0.133. The zero-order valence-corrected chi connectivity index (χ0v) is 14.2. The molecule has 0 amide bonds. The molecule has 0 fully saturated rings. The van der Waals surface area contributed by atoms with Gasteiger partial charge in [0, 0.05) is 10.9 Å². The highest BCUT2D eigenvalue weighted by Crippen LogP contribution is 2.34. The van der Waals surface area contributed by atoms with E-state index < -0.39 is 12.5 Å². The number of carbonyl (C=O) groups is 1. The Labute approximate surface area is 144 Å². The minimum absolute atomic E-state index is 0.368. The third-order valence-corrected chi connectivity index (χ3v) is 5.02. The van der Waals surface area contributed by atoms with Crippen LogP contribution in [0.15, 0.2) is 28.4 Å². The Balaban J connectivity index is 2.29. The molecule has 0 spiro atoms. The molecule has 3 rings (SSSR count). The van der Waals surface area contributed by atoms with Crippen LogP contribution in [0.4, 0.5) is 0 Å². The van der Waals surface area contributed by atoms with Gasteiger partial charge in [0.25, 0.3) is 5.56 Å². The van der Waals surface area contributed by atoms with Gasteiger partial charge in [-0.15, -0.1) is 11.3 Å². The van der Waals surface area contributed by atoms with Crippen LogP contribution >= 0.6 is 34.5 Å². The number of aromatic nitrogens is 2. The fourth-order valence-corrected chi connectivity index (χ4v) is 3.60. The number of aryl methyl sites for hydroxylation is 1. The molecular formula is C15H10Cl2N2O3S. The van der Waals surface area contributed by atoms with Gasteiger partial charge in [0.2, 0.25) is 0 Å². The van der Waals surface area contributed by atoms with Crippen LogP contribution in [-0.2, 0) is 11.3 Å². The predicted molar refractivity (Wildman–Crippen MR) is 91.7 cm³/mol. The Bertz CT molecular complexity index is 994. The van der Waals surface area contributed by atoms with Gasteiger partial charge in [-0.3, -0.25) is 14.2 Å². The zero-order valence-electron chi connectivity index (χ0n) is 11.8. The number of aliphatic carboxylic acids is 1. The number of thiophene rings is 1. The molecule has 118 valence electrons. The van der Waals surface area contributed by atoms with Crippen molar-refractivity contribution in [1.29, 1.82) is 0 Å². The van der Waals surface area contributed by atoms with Gasteiger partial charge in [0.05, 0.1) is 15.4 Å². The van der Waals surface area contributed by atoms with Gasteiger partial charge in [-0.05, 0) is 24.6 Å². The van der Waals surface area contributed by atoms with Crippen molar-refractivity contribution in [2.24, 2.45) is 0 Å². The average molecular weight is 369 g/mol. The molecule has 0 aliphatic rings. The monoisotopic (exact) mass is 368 g/mol. The molecule has 0 unspecified atom stereocenters. The summed E-state index contributed by atoms with van der Waals surface area (Å²) in [7, 11) is 0. The second-order valence-corrected chi connectivity index (χ2v) is 6.57. The van der Waals surface area contributed by atoms with Crippen molar-refractivity contribution in [1.82, 2.24) is 9.55 Å². The number of fused-ring (bicyclic) bond motifs is 1. The lowest BCUT2D eigenvalue weighted by atomic mass is 10.1. The third-order valence-electron chi connectivity index (χ3n) is 3.41. The molecular weight excluding hydrogens is 359 g/mol. The molecule has 2 heterocycles. The van der Waals surface area contributed by atoms with Gasteiger partial charge < -0.3 is 5.11 Å². The SMILES string of the molecule is Cc1nc2scc(-c3ccc(Cl)c(Cl)c3)c2c(=O)n1CC(=O)O. The van der Waals surface area contributed by atoms with Crippen LogP contribution in [0.3, 0.4) is 0 Å². The smallest absolute Gasteiger partial charge is 0.323 e. The lowest BCUT2D eigenvalue weighted by Gasteiger charge is -2.07. The first kappa shape index (κ1) is 16.0. The number of halogens is 2. The molecule has 1 aromatic carbocycles. The van der Waals surface area contributed by atoms with Crippen LogP contribution in [0.2, 0.25) is 10.0 Å². The molecule has 0 bridgehead atoms. The van der Waals surface area contributed by atoms with E-state index in [1.165, 1.54) is 11.3 Å². The van der Waals surface area contributed by atoms with E-state index in [1.807, 2.05) is 5.38 Å². The number of carboxylic acids is 1. The van der Waals surface area contributed by atoms with Crippen LogP contribution < -0.4 is 5.56 Å². The number of nitrogens with zero attached hydrogens (tertiary/aromatic N) is 2. The Morgan fingerprint density at radius 2 is 2.09 bits per heavy atom. The molecule has 0 saturated carbocycles. The van der Waals surface area contributed by atoms with Gasteiger partial charge in [0.1, 0.15) is 17.2 Å². The summed E-state index contributed by atoms with van der Waals surface area (Å²) < 4.78 is 1.15. The van der Waals surface area contributed by atoms with Gasteiger partial charge in [0.15, 0.2) is 0 Å². The Hall–Kier alpha value is -1.89. The fourth-order valence-electron chi connectivity index (χ4n) is 2.32. The molecule has 5 nitrogen and oxygen atoms in total. The van der Waals surface area contributed by atoms with E-state index in [9.17, 15) is 9.59 Å². The lowest BCUT2D eigenvalue weighted by molar-refractivity contribution is -0.137. The third kappa shape index (κ3) is 2.85. The van der Waals surface area contributed by atoms with Crippen molar-refractivity contribution in [2.75, 3.05) is 0 Å². The molecule has 0 aliphatic heterocycles. The zero-order chi connectivity index (χ0) is 16.7. The average Bonchev–Trinajstić information content (AvgIpc) is 2.90. The summed E-state index contributed by atoms with van der Waals surface area (Å²) in [4.78, 5) is 28.6. The molecule has 8 heteroatoms. The molecule has 0 saturated heterocycles. The van der Waals surface area contributed by atoms with Gasteiger partial charge in [-0.1, -0.05) is 29.3 Å². The minimum Gasteiger partial charge on any atom is -0.480 e. The first-order valence-corrected chi connectivity index (χ1v) is 8.18. The first-order chi connectivity index (χ1) is 10.9. The van der Waals surface area contributed by atoms with Crippen molar-refractivity contribution in [2.45, 2.75) is 13.5 Å². The topological polar surface area (TPSA) is 72.2 Å². The van der Waals surface area contributed by atoms with E-state index in [-0.39, 0.29) is 5.56 Å². The van der Waals surface area contributed by atoms with Crippen LogP contribution in [0, 0.1) is 6.92 Å². The summed E-state index contributed by atoms with van der Waals surface area (Å²) in [6.07, 6.45) is 0. The van der Waals surface area contributed by atoms with Crippen molar-refractivity contribution in [3.8, 4) is 11.1 Å². The van der Waals surface area contributed by atoms with E-state index in [0.717, 1.165) is 10.1 Å². The molecule has 3 aromatic rings. The number of hydrogen-bond acceptors (Lipinski definition) is 4. The van der Waals surface area contributed by atoms with E-state index in [0.29, 0.717) is 31.6 Å². The summed E-state index contributed by atoms with van der Waals surface area (Å²) in [6.45, 7) is 1.19. The summed E-state index contributed by atoms with van der Waals surface area (Å²) >= 11 is 13.3. The van der Waals surface area contributed by atoms with Gasteiger partial charge in [-0.25, -0.2) is 4.98 Å². The van der Waals surface area contributed by atoms with E-state index in [1.54, 1.807) is 25.1 Å². The largest absolute Gasteiger partial charge is 0.480 e. The second-order valence-electron chi connectivity index (χ2n) is 4.90. The van der Waals surface area contributed by atoms with Crippen LogP contribution in [-0.4, -0.2) is 20.6 Å². The normalized spacial score (nSPS) is 11.1. The number of benzene rings is 1. The maximum Gasteiger partial charge on any atom is 0.323 e. The summed E-state index contributed by atoms with van der Waals surface area (Å²) in [6, 6.07) is 5.09. The molecule has 2 aromatic heterocycles. The quantitative estimate of drug-likeness (QED) is 0.762. The second kappa shape index (κ2) is 5.96. The Kier molecular flexibility index (Phi) is 4.14. The predicted octanol–water partition coefficient (Wildman–Crippen LogP) is 3.82. The number of carboxylic acid groups (broad SMARTS) is 1. The standard InChI is InChI=1S/C15H10Cl2N2O3S/c1-7-18-14-13(15(22)19(7)5-12(20)21)9(6-23-14)8-2-3-10(16)11(17)4-8/h2-4,6H,5H2,1H3,(H,20,21). The highest BCUT2D eigenvalue weighted by atomic mass is 35.5. The molecule has 0 aliphatic carbocycles. The van der Waals surface area contributed by atoms with E-state index in [2.05, 4.69) is 4.98 Å². The maximum absolute atomic E-state index is 12.7. The Morgan fingerprint density at radius 1 is 1.35 bits per heavy atom. The number of rotatable bonds is 3. The van der Waals surface area contributed by atoms with Crippen molar-refractivity contribution < 1.29 is 9.90 Å². The summed E-state index contributed by atoms with van der Waals surface area (Å²) in [5.74, 6) is -0.727. The number of hydrogen-bond donors (Lipinski definition) is 1. The molecule has 1 N–H and O–H groups in total. The highest BCUT2D eigenvalue weighted by Gasteiger charge is 2.17. The van der Waals surface area contributed by atoms with Crippen LogP contribution in [0.1, 0.15) is 5.82 Å². The van der Waals surface area contributed by atoms with Crippen LogP contribution in [0.25, 0.3) is 21.3 Å². The molecule has 23 heavy (non-hydrogen) atoms. The summed E-state index contributed by atoms with van der Waals surface area (Å²) in [5.41, 5.74) is 1.02. The molecule has 0 atom stereocenters. The van der Waals surface area contributed by atoms with Crippen LogP contribution in [0.5, 0.6) is 0 Å². The van der Waals surface area contributed by atoms with Crippen molar-refractivity contribution in [3.05, 3.63) is 49.8 Å². The lowest BCUT2D eigenvalue weighted by Crippen LogP contribution is -2.27. The highest BCUT2D eigenvalue weighted by molar-refractivity contribution is 7.17.